The Labute approximate surface area is 103 Å². The Bertz CT molecular complexity index is 357. The molecule has 15 heavy (non-hydrogen) atoms. The fraction of sp³-hybridized carbons (Fsp3) is 0.100. The summed E-state index contributed by atoms with van der Waals surface area (Å²) in [5, 5.41) is 2.87. The van der Waals surface area contributed by atoms with E-state index in [0.29, 0.717) is 0 Å². The number of nitrogens with one attached hydrogen (secondary N) is 1. The molecule has 0 bridgehead atoms. The van der Waals surface area contributed by atoms with E-state index in [1.807, 2.05) is 30.3 Å². The van der Waals surface area contributed by atoms with Crippen LogP contribution in [0.1, 0.15) is 0 Å². The van der Waals surface area contributed by atoms with E-state index in [2.05, 4.69) is 5.32 Å². The molecule has 1 aromatic rings. The van der Waals surface area contributed by atoms with E-state index >= 15 is 0 Å². The number of carbonyl (C=O) groups is 1. The average molecular weight is 265 g/mol. The molecule has 0 fully saturated rings. The third-order valence-corrected chi connectivity index (χ3v) is 2.10. The molecule has 0 saturated carbocycles. The molecule has 0 saturated heterocycles. The number of carbonyl (C=O) groups excluding carboxylic acids is 1. The molecule has 0 aromatic heterocycles. The number of allylic oxidation sites excluding steroid dienone is 1. The lowest BCUT2D eigenvalue weighted by molar-refractivity contribution is -0.113. The van der Waals surface area contributed by atoms with E-state index in [1.54, 1.807) is 0 Å². The first-order valence-corrected chi connectivity index (χ1v) is 5.23. The van der Waals surface area contributed by atoms with Gasteiger partial charge in [-0.2, -0.15) is 0 Å². The Morgan fingerprint density at radius 3 is 2.33 bits per heavy atom. The van der Waals surface area contributed by atoms with Gasteiger partial charge in [0.2, 0.25) is 5.78 Å². The lowest BCUT2D eigenvalue weighted by Crippen LogP contribution is -2.15. The van der Waals surface area contributed by atoms with Gasteiger partial charge >= 0.3 is 0 Å². The normalized spacial score (nSPS) is 11.7. The number of hydrogen-bond acceptors (Lipinski definition) is 2. The molecule has 1 aromatic carbocycles. The van der Waals surface area contributed by atoms with Gasteiger partial charge in [0, 0.05) is 18.0 Å². The Morgan fingerprint density at radius 1 is 1.20 bits per heavy atom. The number of alkyl halides is 3. The Kier molecular flexibility index (Phi) is 4.45. The fourth-order valence-electron chi connectivity index (χ4n) is 0.842. The van der Waals surface area contributed by atoms with E-state index in [4.69, 9.17) is 34.8 Å². The van der Waals surface area contributed by atoms with E-state index < -0.39 is 9.58 Å². The summed E-state index contributed by atoms with van der Waals surface area (Å²) in [4.78, 5) is 11.1. The first kappa shape index (κ1) is 12.4. The Balaban J connectivity index is 2.51. The number of benzene rings is 1. The van der Waals surface area contributed by atoms with Gasteiger partial charge in [0.15, 0.2) is 0 Å². The second kappa shape index (κ2) is 5.40. The topological polar surface area (TPSA) is 29.1 Å². The molecule has 80 valence electrons. The van der Waals surface area contributed by atoms with Crippen molar-refractivity contribution >= 4 is 46.3 Å². The van der Waals surface area contributed by atoms with Crippen molar-refractivity contribution in [2.75, 3.05) is 5.32 Å². The van der Waals surface area contributed by atoms with Crippen LogP contribution in [0.4, 0.5) is 5.69 Å². The van der Waals surface area contributed by atoms with Crippen LogP contribution in [-0.2, 0) is 4.79 Å². The van der Waals surface area contributed by atoms with Crippen molar-refractivity contribution in [1.82, 2.24) is 0 Å². The van der Waals surface area contributed by atoms with Crippen molar-refractivity contribution in [2.45, 2.75) is 3.79 Å². The minimum atomic E-state index is -1.89. The van der Waals surface area contributed by atoms with Gasteiger partial charge < -0.3 is 5.32 Å². The average Bonchev–Trinajstić information content (AvgIpc) is 2.18. The van der Waals surface area contributed by atoms with Crippen LogP contribution in [0, 0.1) is 0 Å². The van der Waals surface area contributed by atoms with Crippen molar-refractivity contribution in [3.8, 4) is 0 Å². The van der Waals surface area contributed by atoms with Crippen LogP contribution in [0.25, 0.3) is 0 Å². The molecule has 1 rings (SSSR count). The minimum absolute atomic E-state index is 0.587. The molecule has 0 aliphatic heterocycles. The first-order valence-electron chi connectivity index (χ1n) is 4.09. The Hall–Kier alpha value is -0.700. The van der Waals surface area contributed by atoms with Crippen molar-refractivity contribution < 1.29 is 4.79 Å². The highest BCUT2D eigenvalue weighted by Gasteiger charge is 2.27. The number of halogens is 3. The molecule has 5 heteroatoms. The first-order chi connectivity index (χ1) is 7.00. The van der Waals surface area contributed by atoms with Gasteiger partial charge in [0.25, 0.3) is 3.79 Å². The third kappa shape index (κ3) is 4.56. The zero-order chi connectivity index (χ0) is 11.3. The predicted octanol–water partition coefficient (Wildman–Crippen LogP) is 3.55. The molecule has 0 spiro atoms. The van der Waals surface area contributed by atoms with Crippen LogP contribution in [0.2, 0.25) is 0 Å². The zero-order valence-electron chi connectivity index (χ0n) is 7.58. The van der Waals surface area contributed by atoms with Crippen LogP contribution in [0.5, 0.6) is 0 Å². The van der Waals surface area contributed by atoms with Crippen LogP contribution in [-0.4, -0.2) is 9.58 Å². The summed E-state index contributed by atoms with van der Waals surface area (Å²) >= 11 is 16.1. The molecule has 0 unspecified atom stereocenters. The van der Waals surface area contributed by atoms with E-state index in [9.17, 15) is 4.79 Å². The molecule has 0 radical (unpaired) electrons. The van der Waals surface area contributed by atoms with Crippen LogP contribution >= 0.6 is 34.8 Å². The number of rotatable bonds is 3. The SMILES string of the molecule is O=C(/C=C\Nc1ccccc1)C(Cl)(Cl)Cl. The van der Waals surface area contributed by atoms with Crippen molar-refractivity contribution in [1.29, 1.82) is 0 Å². The highest BCUT2D eigenvalue weighted by atomic mass is 35.6. The van der Waals surface area contributed by atoms with Crippen LogP contribution in [0.3, 0.4) is 0 Å². The second-order valence-electron chi connectivity index (χ2n) is 2.71. The summed E-state index contributed by atoms with van der Waals surface area (Å²) in [7, 11) is 0. The zero-order valence-corrected chi connectivity index (χ0v) is 9.85. The van der Waals surface area contributed by atoms with Crippen molar-refractivity contribution in [3.63, 3.8) is 0 Å². The summed E-state index contributed by atoms with van der Waals surface area (Å²) < 4.78 is -1.89. The highest BCUT2D eigenvalue weighted by molar-refractivity contribution is 6.77. The molecule has 0 aliphatic rings. The predicted molar refractivity (Wildman–Crippen MR) is 64.5 cm³/mol. The summed E-state index contributed by atoms with van der Waals surface area (Å²) in [5.74, 6) is -0.587. The van der Waals surface area contributed by atoms with Gasteiger partial charge in [-0.15, -0.1) is 0 Å². The fourth-order valence-corrected chi connectivity index (χ4v) is 1.03. The van der Waals surface area contributed by atoms with Gasteiger partial charge in [0.1, 0.15) is 0 Å². The summed E-state index contributed by atoms with van der Waals surface area (Å²) in [6.45, 7) is 0. The largest absolute Gasteiger partial charge is 0.362 e. The minimum Gasteiger partial charge on any atom is -0.362 e. The monoisotopic (exact) mass is 263 g/mol. The van der Waals surface area contributed by atoms with Crippen molar-refractivity contribution in [3.05, 3.63) is 42.6 Å². The van der Waals surface area contributed by atoms with Gasteiger partial charge in [-0.25, -0.2) is 0 Å². The number of ketones is 1. The molecule has 2 nitrogen and oxygen atoms in total. The maximum absolute atomic E-state index is 11.1. The van der Waals surface area contributed by atoms with Crippen molar-refractivity contribution in [2.24, 2.45) is 0 Å². The van der Waals surface area contributed by atoms with E-state index in [0.717, 1.165) is 5.69 Å². The summed E-state index contributed by atoms with van der Waals surface area (Å²) in [6.07, 6.45) is 2.61. The molecule has 0 atom stereocenters. The summed E-state index contributed by atoms with van der Waals surface area (Å²) in [5.41, 5.74) is 0.853. The molecule has 0 amide bonds. The number of hydrogen-bond donors (Lipinski definition) is 1. The smallest absolute Gasteiger partial charge is 0.252 e. The van der Waals surface area contributed by atoms with Gasteiger partial charge in [-0.3, -0.25) is 4.79 Å². The lowest BCUT2D eigenvalue weighted by atomic mass is 10.3. The quantitative estimate of drug-likeness (QED) is 0.668. The second-order valence-corrected chi connectivity index (χ2v) is 4.99. The van der Waals surface area contributed by atoms with Gasteiger partial charge in [-0.05, 0) is 12.1 Å². The molecular weight excluding hydrogens is 256 g/mol. The van der Waals surface area contributed by atoms with E-state index in [-0.39, 0.29) is 0 Å². The third-order valence-electron chi connectivity index (χ3n) is 1.54. The number of para-hydroxylation sites is 1. The maximum Gasteiger partial charge on any atom is 0.252 e. The van der Waals surface area contributed by atoms with Crippen LogP contribution < -0.4 is 5.32 Å². The van der Waals surface area contributed by atoms with E-state index in [1.165, 1.54) is 12.3 Å². The molecular formula is C10H8Cl3NO. The summed E-state index contributed by atoms with van der Waals surface area (Å²) in [6, 6.07) is 9.33. The lowest BCUT2D eigenvalue weighted by Gasteiger charge is -2.04. The van der Waals surface area contributed by atoms with Gasteiger partial charge in [0.05, 0.1) is 0 Å². The molecule has 1 N–H and O–H groups in total. The molecule has 0 aliphatic carbocycles. The van der Waals surface area contributed by atoms with Crippen LogP contribution in [0.15, 0.2) is 42.6 Å². The Morgan fingerprint density at radius 2 is 1.80 bits per heavy atom. The standard InChI is InChI=1S/C10H8Cl3NO/c11-10(12,13)9(15)6-7-14-8-4-2-1-3-5-8/h1-7,14H/b7-6-. The highest BCUT2D eigenvalue weighted by Crippen LogP contribution is 2.27. The maximum atomic E-state index is 11.1. The number of anilines is 1. The van der Waals surface area contributed by atoms with Gasteiger partial charge in [-0.1, -0.05) is 53.0 Å². The molecule has 0 heterocycles.